The van der Waals surface area contributed by atoms with Crippen molar-refractivity contribution >= 4 is 141 Å². The largest absolute Gasteiger partial charge is 0.307 e. The average Bonchev–Trinajstić information content (AvgIpc) is 3.85. The van der Waals surface area contributed by atoms with Crippen molar-refractivity contribution in [2.75, 3.05) is 0 Å². The van der Waals surface area contributed by atoms with Crippen molar-refractivity contribution in [3.63, 3.8) is 0 Å². The van der Waals surface area contributed by atoms with E-state index < -0.39 is 0 Å². The minimum atomic E-state index is 0.825. The highest BCUT2D eigenvalue weighted by Crippen LogP contribution is 2.50. The van der Waals surface area contributed by atoms with Gasteiger partial charge < -0.3 is 9.13 Å². The highest BCUT2D eigenvalue weighted by atomic mass is 15.2. The lowest BCUT2D eigenvalue weighted by molar-refractivity contribution is 1.02. The molecule has 0 aliphatic heterocycles. The van der Waals surface area contributed by atoms with Gasteiger partial charge in [-0.3, -0.25) is 9.13 Å². The summed E-state index contributed by atoms with van der Waals surface area (Å²) in [6.45, 7) is 0. The van der Waals surface area contributed by atoms with Gasteiger partial charge in [0, 0.05) is 76.0 Å². The van der Waals surface area contributed by atoms with Crippen molar-refractivity contribution in [2.24, 2.45) is 0 Å². The molecule has 0 bridgehead atoms. The van der Waals surface area contributed by atoms with Crippen LogP contribution >= 0.6 is 0 Å². The van der Waals surface area contributed by atoms with Gasteiger partial charge >= 0.3 is 0 Å². The molecule has 0 saturated heterocycles. The zero-order chi connectivity index (χ0) is 54.7. The Morgan fingerprint density at radius 2 is 0.500 bits per heavy atom. The Balaban J connectivity index is 1.06. The van der Waals surface area contributed by atoms with E-state index in [1.54, 1.807) is 0 Å². The number of para-hydroxylation sites is 2. The maximum atomic E-state index is 6.27. The third-order valence-corrected chi connectivity index (χ3v) is 18.2. The van der Waals surface area contributed by atoms with Crippen molar-refractivity contribution in [3.05, 3.63) is 285 Å². The summed E-state index contributed by atoms with van der Waals surface area (Å²) in [4.78, 5) is 6.27. The summed E-state index contributed by atoms with van der Waals surface area (Å²) in [6, 6.07) is 105. The molecule has 14 aromatic carbocycles. The SMILES string of the molecule is c1ccc(-c2cc(-n3c4c5ccccc5ccc4c4ccc5c6ccc7ccccc7c6n(-c6ccccc6)c5c43)nc(-n3c4c5ccccc5c5ccccc5c4c4ccc5c6ccc7ccccc7c6n(-c6ccccc6)c5c43)c2)cc1. The smallest absolute Gasteiger partial charge is 0.140 e. The van der Waals surface area contributed by atoms with Crippen molar-refractivity contribution in [1.82, 2.24) is 23.3 Å². The Morgan fingerprint density at radius 1 is 0.190 bits per heavy atom. The van der Waals surface area contributed by atoms with Gasteiger partial charge in [0.15, 0.2) is 0 Å². The molecule has 0 saturated carbocycles. The molecule has 0 N–H and O–H groups in total. The van der Waals surface area contributed by atoms with Gasteiger partial charge in [-0.1, -0.05) is 249 Å². The van der Waals surface area contributed by atoms with Gasteiger partial charge in [0.2, 0.25) is 0 Å². The zero-order valence-corrected chi connectivity index (χ0v) is 45.4. The molecule has 0 atom stereocenters. The van der Waals surface area contributed by atoms with Crippen molar-refractivity contribution in [3.8, 4) is 34.1 Å². The van der Waals surface area contributed by atoms with Gasteiger partial charge in [0.25, 0.3) is 0 Å². The summed E-state index contributed by atoms with van der Waals surface area (Å²) in [7, 11) is 0. The van der Waals surface area contributed by atoms with Crippen LogP contribution < -0.4 is 0 Å². The number of fused-ring (bicyclic) bond motifs is 25. The fourth-order valence-corrected chi connectivity index (χ4v) is 14.8. The first-order valence-electron chi connectivity index (χ1n) is 29.0. The molecular weight excluding hydrogens is 1020 g/mol. The van der Waals surface area contributed by atoms with Crippen LogP contribution in [-0.4, -0.2) is 23.3 Å². The first kappa shape index (κ1) is 45.5. The van der Waals surface area contributed by atoms with Crippen LogP contribution in [0.1, 0.15) is 0 Å². The molecule has 0 aliphatic rings. The molecule has 5 nitrogen and oxygen atoms in total. The van der Waals surface area contributed by atoms with Gasteiger partial charge in [0.1, 0.15) is 11.6 Å². The molecule has 388 valence electrons. The van der Waals surface area contributed by atoms with Crippen molar-refractivity contribution in [2.45, 2.75) is 0 Å². The molecule has 19 rings (SSSR count). The average molecular weight is 1070 g/mol. The predicted octanol–water partition coefficient (Wildman–Crippen LogP) is 20.9. The van der Waals surface area contributed by atoms with E-state index >= 15 is 0 Å². The van der Waals surface area contributed by atoms with E-state index in [0.29, 0.717) is 0 Å². The normalized spacial score (nSPS) is 12.3. The van der Waals surface area contributed by atoms with Gasteiger partial charge in [-0.2, -0.15) is 0 Å². The van der Waals surface area contributed by atoms with Crippen LogP contribution in [0.3, 0.4) is 0 Å². The van der Waals surface area contributed by atoms with Gasteiger partial charge in [0.05, 0.1) is 44.1 Å². The molecule has 84 heavy (non-hydrogen) atoms. The lowest BCUT2D eigenvalue weighted by Gasteiger charge is -2.18. The molecular formula is C79H47N5. The Morgan fingerprint density at radius 3 is 0.988 bits per heavy atom. The number of rotatable bonds is 5. The monoisotopic (exact) mass is 1070 g/mol. The van der Waals surface area contributed by atoms with Gasteiger partial charge in [-0.25, -0.2) is 4.98 Å². The second kappa shape index (κ2) is 17.1. The maximum absolute atomic E-state index is 6.27. The van der Waals surface area contributed by atoms with Gasteiger partial charge in [-0.05, 0) is 79.8 Å². The van der Waals surface area contributed by atoms with Crippen LogP contribution in [0.15, 0.2) is 285 Å². The highest BCUT2D eigenvalue weighted by Gasteiger charge is 2.29. The third-order valence-electron chi connectivity index (χ3n) is 18.2. The predicted molar refractivity (Wildman–Crippen MR) is 355 cm³/mol. The summed E-state index contributed by atoms with van der Waals surface area (Å²) in [5, 5.41) is 21.4. The Kier molecular flexibility index (Phi) is 9.27. The number of pyridine rings is 1. The second-order valence-electron chi connectivity index (χ2n) is 22.5. The van der Waals surface area contributed by atoms with Crippen LogP contribution in [0.25, 0.3) is 175 Å². The molecule has 5 heteroatoms. The van der Waals surface area contributed by atoms with E-state index in [0.717, 1.165) is 78.0 Å². The summed E-state index contributed by atoms with van der Waals surface area (Å²) in [5.74, 6) is 1.65. The first-order chi connectivity index (χ1) is 41.7. The summed E-state index contributed by atoms with van der Waals surface area (Å²) >= 11 is 0. The molecule has 0 radical (unpaired) electrons. The maximum Gasteiger partial charge on any atom is 0.140 e. The summed E-state index contributed by atoms with van der Waals surface area (Å²) in [5.41, 5.74) is 13.4. The van der Waals surface area contributed by atoms with E-state index in [2.05, 4.69) is 303 Å². The summed E-state index contributed by atoms with van der Waals surface area (Å²) in [6.07, 6.45) is 0. The third kappa shape index (κ3) is 6.14. The quantitative estimate of drug-likeness (QED) is 0.158. The Labute approximate surface area is 480 Å². The van der Waals surface area contributed by atoms with Crippen LogP contribution in [0.2, 0.25) is 0 Å². The molecule has 5 heterocycles. The van der Waals surface area contributed by atoms with Gasteiger partial charge in [-0.15, -0.1) is 0 Å². The fraction of sp³-hybridized carbons (Fsp3) is 0. The van der Waals surface area contributed by atoms with E-state index in [9.17, 15) is 0 Å². The molecule has 0 unspecified atom stereocenters. The van der Waals surface area contributed by atoms with Crippen molar-refractivity contribution in [1.29, 1.82) is 0 Å². The minimum Gasteiger partial charge on any atom is -0.307 e. The number of benzene rings is 14. The molecule has 5 aromatic heterocycles. The molecule has 19 aromatic rings. The Bertz CT molecular complexity index is 6020. The topological polar surface area (TPSA) is 32.6 Å². The number of nitrogens with zero attached hydrogens (tertiary/aromatic N) is 5. The lowest BCUT2D eigenvalue weighted by atomic mass is 9.96. The van der Waals surface area contributed by atoms with E-state index in [-0.39, 0.29) is 0 Å². The Hall–Kier alpha value is -11.3. The lowest BCUT2D eigenvalue weighted by Crippen LogP contribution is -2.06. The number of hydrogen-bond donors (Lipinski definition) is 0. The molecule has 0 spiro atoms. The van der Waals surface area contributed by atoms with Crippen LogP contribution in [0, 0.1) is 0 Å². The van der Waals surface area contributed by atoms with Crippen LogP contribution in [-0.2, 0) is 0 Å². The van der Waals surface area contributed by atoms with Crippen LogP contribution in [0.4, 0.5) is 0 Å². The minimum absolute atomic E-state index is 0.825. The van der Waals surface area contributed by atoms with Crippen molar-refractivity contribution < 1.29 is 0 Å². The zero-order valence-electron chi connectivity index (χ0n) is 45.4. The first-order valence-corrected chi connectivity index (χ1v) is 29.0. The standard InChI is InChI=1S/C79H47N5/c1-4-20-48(21-5-1)52-46-69(83-74-57-31-15-12-24-51(57)38-41-64(74)67-43-42-65-62-39-36-49-22-10-13-29-55(49)72(62)81(76(65)78(67)83)53-25-6-2-7-26-53)80-70(47-52)84-75-61-35-19-17-33-59(61)58-32-16-18-34-60(58)71(75)68-45-44-66-63-40-37-50-23-11-14-30-56(50)73(63)82(77(66)79(68)84)54-27-8-3-9-28-54/h1-47H. The van der Waals surface area contributed by atoms with E-state index in [1.807, 2.05) is 0 Å². The fourth-order valence-electron chi connectivity index (χ4n) is 14.8. The van der Waals surface area contributed by atoms with Crippen LogP contribution in [0.5, 0.6) is 0 Å². The molecule has 0 fully saturated rings. The number of aromatic nitrogens is 5. The van der Waals surface area contributed by atoms with E-state index in [1.165, 1.54) is 97.2 Å². The number of hydrogen-bond acceptors (Lipinski definition) is 1. The second-order valence-corrected chi connectivity index (χ2v) is 22.5. The molecule has 0 aliphatic carbocycles. The van der Waals surface area contributed by atoms with E-state index in [4.69, 9.17) is 4.98 Å². The highest BCUT2D eigenvalue weighted by molar-refractivity contribution is 6.36. The molecule has 0 amide bonds. The summed E-state index contributed by atoms with van der Waals surface area (Å²) < 4.78 is 10.1.